The van der Waals surface area contributed by atoms with Gasteiger partial charge in [-0.3, -0.25) is 9.59 Å². The molecule has 1 N–H and O–H groups in total. The SMILES string of the molecule is C[C@@H]1Oc2ccc(NC(=O)c3ccc(Cl)cc3)cc2CN(Cc2cc(F)cc(F)c2)C1=O. The zero-order valence-corrected chi connectivity index (χ0v) is 17.8. The average molecular weight is 457 g/mol. The number of carbonyl (C=O) groups excluding carboxylic acids is 2. The summed E-state index contributed by atoms with van der Waals surface area (Å²) in [6.45, 7) is 1.79. The molecule has 164 valence electrons. The van der Waals surface area contributed by atoms with Gasteiger partial charge in [0.05, 0.1) is 0 Å². The predicted molar refractivity (Wildman–Crippen MR) is 117 cm³/mol. The van der Waals surface area contributed by atoms with Gasteiger partial charge in [0.15, 0.2) is 6.10 Å². The van der Waals surface area contributed by atoms with Gasteiger partial charge in [-0.05, 0) is 67.1 Å². The molecule has 4 rings (SSSR count). The highest BCUT2D eigenvalue weighted by Crippen LogP contribution is 2.30. The van der Waals surface area contributed by atoms with Crippen molar-refractivity contribution in [1.82, 2.24) is 4.90 Å². The normalized spacial score (nSPS) is 15.6. The second-order valence-electron chi connectivity index (χ2n) is 7.52. The van der Waals surface area contributed by atoms with Gasteiger partial charge in [0.1, 0.15) is 17.4 Å². The lowest BCUT2D eigenvalue weighted by atomic mass is 10.1. The van der Waals surface area contributed by atoms with Crippen LogP contribution in [0, 0.1) is 11.6 Å². The molecule has 1 atom stereocenters. The molecule has 2 amide bonds. The molecule has 0 fully saturated rings. The summed E-state index contributed by atoms with van der Waals surface area (Å²) in [6, 6.07) is 14.7. The Kier molecular flexibility index (Phi) is 6.10. The molecule has 0 bridgehead atoms. The van der Waals surface area contributed by atoms with E-state index in [9.17, 15) is 18.4 Å². The molecule has 3 aromatic rings. The lowest BCUT2D eigenvalue weighted by Crippen LogP contribution is -2.37. The summed E-state index contributed by atoms with van der Waals surface area (Å²) >= 11 is 5.86. The minimum absolute atomic E-state index is 0.0159. The molecule has 0 spiro atoms. The van der Waals surface area contributed by atoms with Crippen LogP contribution in [0.15, 0.2) is 60.7 Å². The van der Waals surface area contributed by atoms with Crippen molar-refractivity contribution in [2.45, 2.75) is 26.1 Å². The number of anilines is 1. The van der Waals surface area contributed by atoms with Crippen molar-refractivity contribution in [2.75, 3.05) is 5.32 Å². The molecule has 3 aromatic carbocycles. The van der Waals surface area contributed by atoms with Crippen molar-refractivity contribution >= 4 is 29.1 Å². The topological polar surface area (TPSA) is 58.6 Å². The summed E-state index contributed by atoms with van der Waals surface area (Å²) in [5, 5.41) is 3.34. The van der Waals surface area contributed by atoms with E-state index in [0.717, 1.165) is 6.07 Å². The van der Waals surface area contributed by atoms with E-state index in [1.165, 1.54) is 17.0 Å². The quantitative estimate of drug-likeness (QED) is 0.588. The summed E-state index contributed by atoms with van der Waals surface area (Å²) in [6.07, 6.45) is -0.774. The monoisotopic (exact) mass is 456 g/mol. The van der Waals surface area contributed by atoms with E-state index in [0.29, 0.717) is 33.1 Å². The summed E-state index contributed by atoms with van der Waals surface area (Å²) < 4.78 is 33.0. The van der Waals surface area contributed by atoms with Crippen molar-refractivity contribution < 1.29 is 23.1 Å². The van der Waals surface area contributed by atoms with Gasteiger partial charge in [-0.25, -0.2) is 8.78 Å². The van der Waals surface area contributed by atoms with E-state index in [1.807, 2.05) is 0 Å². The van der Waals surface area contributed by atoms with Crippen LogP contribution in [0.1, 0.15) is 28.4 Å². The smallest absolute Gasteiger partial charge is 0.263 e. The largest absolute Gasteiger partial charge is 0.481 e. The maximum atomic E-state index is 13.6. The number of ether oxygens (including phenoxy) is 1. The van der Waals surface area contributed by atoms with Crippen LogP contribution in [0.3, 0.4) is 0 Å². The number of benzene rings is 3. The molecule has 0 radical (unpaired) electrons. The lowest BCUT2D eigenvalue weighted by Gasteiger charge is -2.22. The van der Waals surface area contributed by atoms with Crippen LogP contribution in [0.25, 0.3) is 0 Å². The van der Waals surface area contributed by atoms with Crippen molar-refractivity contribution in [2.24, 2.45) is 0 Å². The first-order valence-corrected chi connectivity index (χ1v) is 10.3. The molecule has 0 saturated heterocycles. The molecule has 0 aliphatic carbocycles. The van der Waals surface area contributed by atoms with Crippen LogP contribution >= 0.6 is 11.6 Å². The van der Waals surface area contributed by atoms with Gasteiger partial charge in [-0.2, -0.15) is 0 Å². The number of hydrogen-bond donors (Lipinski definition) is 1. The van der Waals surface area contributed by atoms with Crippen molar-refractivity contribution in [3.05, 3.63) is 94.0 Å². The van der Waals surface area contributed by atoms with E-state index in [4.69, 9.17) is 16.3 Å². The van der Waals surface area contributed by atoms with Gasteiger partial charge in [0.25, 0.3) is 11.8 Å². The summed E-state index contributed by atoms with van der Waals surface area (Å²) in [5.41, 5.74) is 1.96. The Bertz CT molecular complexity index is 1160. The maximum absolute atomic E-state index is 13.6. The standard InChI is InChI=1S/C24H19ClF2N2O3/c1-14-24(31)29(12-15-8-19(26)11-20(27)9-15)13-17-10-21(6-7-22(17)32-14)28-23(30)16-2-4-18(25)5-3-16/h2-11,14H,12-13H2,1H3,(H,28,30)/t14-/m0/s1. The molecule has 1 heterocycles. The van der Waals surface area contributed by atoms with Crippen LogP contribution in [0.4, 0.5) is 14.5 Å². The molecule has 32 heavy (non-hydrogen) atoms. The third-order valence-electron chi connectivity index (χ3n) is 5.04. The number of fused-ring (bicyclic) bond motifs is 1. The Morgan fingerprint density at radius 1 is 1.09 bits per heavy atom. The van der Waals surface area contributed by atoms with Crippen molar-refractivity contribution in [3.8, 4) is 5.75 Å². The van der Waals surface area contributed by atoms with E-state index in [1.54, 1.807) is 49.4 Å². The van der Waals surface area contributed by atoms with Gasteiger partial charge in [0.2, 0.25) is 0 Å². The van der Waals surface area contributed by atoms with E-state index in [2.05, 4.69) is 5.32 Å². The highest BCUT2D eigenvalue weighted by atomic mass is 35.5. The first-order valence-electron chi connectivity index (χ1n) is 9.89. The molecule has 1 aliphatic heterocycles. The predicted octanol–water partition coefficient (Wildman–Crippen LogP) is 5.18. The van der Waals surface area contributed by atoms with E-state index in [-0.39, 0.29) is 24.9 Å². The third-order valence-corrected chi connectivity index (χ3v) is 5.30. The Balaban J connectivity index is 1.57. The van der Waals surface area contributed by atoms with E-state index < -0.39 is 17.7 Å². The number of halogens is 3. The molecule has 5 nitrogen and oxygen atoms in total. The summed E-state index contributed by atoms with van der Waals surface area (Å²) in [4.78, 5) is 26.8. The number of hydrogen-bond acceptors (Lipinski definition) is 3. The second kappa shape index (κ2) is 8.96. The van der Waals surface area contributed by atoms with Crippen molar-refractivity contribution in [3.63, 3.8) is 0 Å². The first kappa shape index (κ1) is 21.8. The molecular formula is C24H19ClF2N2O3. The number of nitrogens with one attached hydrogen (secondary N) is 1. The second-order valence-corrected chi connectivity index (χ2v) is 7.95. The van der Waals surface area contributed by atoms with Gasteiger partial charge in [-0.15, -0.1) is 0 Å². The fourth-order valence-electron chi connectivity index (χ4n) is 3.54. The Hall–Kier alpha value is -3.45. The fraction of sp³-hybridized carbons (Fsp3) is 0.167. The summed E-state index contributed by atoms with van der Waals surface area (Å²) in [5.74, 6) is -1.54. The number of carbonyl (C=O) groups is 2. The highest BCUT2D eigenvalue weighted by Gasteiger charge is 2.28. The zero-order valence-electron chi connectivity index (χ0n) is 17.1. The van der Waals surface area contributed by atoms with Crippen LogP contribution in [-0.4, -0.2) is 22.8 Å². The molecule has 0 aromatic heterocycles. The molecule has 8 heteroatoms. The maximum Gasteiger partial charge on any atom is 0.263 e. The van der Waals surface area contributed by atoms with Gasteiger partial charge < -0.3 is 15.0 Å². The van der Waals surface area contributed by atoms with E-state index >= 15 is 0 Å². The van der Waals surface area contributed by atoms with Gasteiger partial charge >= 0.3 is 0 Å². The number of rotatable bonds is 4. The minimum atomic E-state index is -0.774. The Morgan fingerprint density at radius 2 is 1.78 bits per heavy atom. The average Bonchev–Trinajstić information content (AvgIpc) is 2.84. The number of amides is 2. The minimum Gasteiger partial charge on any atom is -0.481 e. The highest BCUT2D eigenvalue weighted by molar-refractivity contribution is 6.30. The van der Waals surface area contributed by atoms with Crippen molar-refractivity contribution in [1.29, 1.82) is 0 Å². The number of nitrogens with zero attached hydrogens (tertiary/aromatic N) is 1. The summed E-state index contributed by atoms with van der Waals surface area (Å²) in [7, 11) is 0. The zero-order chi connectivity index (χ0) is 22.8. The molecular weight excluding hydrogens is 438 g/mol. The molecule has 1 aliphatic rings. The van der Waals surface area contributed by atoms with Gasteiger partial charge in [0, 0.05) is 41.0 Å². The lowest BCUT2D eigenvalue weighted by molar-refractivity contribution is -0.138. The first-order chi connectivity index (χ1) is 15.3. The molecule has 0 saturated carbocycles. The molecule has 0 unspecified atom stereocenters. The van der Waals surface area contributed by atoms with Crippen LogP contribution in [0.5, 0.6) is 5.75 Å². The van der Waals surface area contributed by atoms with Crippen LogP contribution < -0.4 is 10.1 Å². The van der Waals surface area contributed by atoms with Gasteiger partial charge in [-0.1, -0.05) is 11.6 Å². The Labute approximate surface area is 188 Å². The van der Waals surface area contributed by atoms with Crippen LogP contribution in [-0.2, 0) is 17.9 Å². The Morgan fingerprint density at radius 3 is 2.47 bits per heavy atom. The van der Waals surface area contributed by atoms with Crippen LogP contribution in [0.2, 0.25) is 5.02 Å². The fourth-order valence-corrected chi connectivity index (χ4v) is 3.66. The third kappa shape index (κ3) is 4.89.